The third kappa shape index (κ3) is 5.02. The van der Waals surface area contributed by atoms with Gasteiger partial charge in [-0.15, -0.1) is 0 Å². The summed E-state index contributed by atoms with van der Waals surface area (Å²) in [6.45, 7) is 0.0637. The van der Waals surface area contributed by atoms with Gasteiger partial charge in [-0.1, -0.05) is 24.3 Å². The first-order valence-electron chi connectivity index (χ1n) is 10.0. The van der Waals surface area contributed by atoms with Crippen molar-refractivity contribution < 1.29 is 45.8 Å². The summed E-state index contributed by atoms with van der Waals surface area (Å²) < 4.78 is 87.7. The van der Waals surface area contributed by atoms with E-state index in [1.54, 1.807) is 0 Å². The first-order valence-corrected chi connectivity index (χ1v) is 10.0. The zero-order valence-corrected chi connectivity index (χ0v) is 17.7. The SMILES string of the molecule is COc1ccccc1-c1ccc(C(F)(F)F)c(C(F)(F)F)c1C=CC(=O)N1CCCC1C(=O)O. The van der Waals surface area contributed by atoms with Crippen molar-refractivity contribution in [2.75, 3.05) is 13.7 Å². The second-order valence-electron chi connectivity index (χ2n) is 7.51. The van der Waals surface area contributed by atoms with Crippen LogP contribution < -0.4 is 4.74 Å². The van der Waals surface area contributed by atoms with E-state index >= 15 is 0 Å². The predicted molar refractivity (Wildman–Crippen MR) is 110 cm³/mol. The summed E-state index contributed by atoms with van der Waals surface area (Å²) in [6.07, 6.45) is -8.87. The minimum absolute atomic E-state index is 0.0637. The van der Waals surface area contributed by atoms with Crippen LogP contribution in [-0.2, 0) is 21.9 Å². The van der Waals surface area contributed by atoms with Crippen molar-refractivity contribution in [1.82, 2.24) is 4.90 Å². The van der Waals surface area contributed by atoms with E-state index in [0.29, 0.717) is 24.6 Å². The molecular weight excluding hydrogens is 468 g/mol. The summed E-state index contributed by atoms with van der Waals surface area (Å²) in [5, 5.41) is 9.24. The van der Waals surface area contributed by atoms with Crippen LogP contribution >= 0.6 is 0 Å². The fourth-order valence-electron chi connectivity index (χ4n) is 3.97. The van der Waals surface area contributed by atoms with Crippen molar-refractivity contribution in [2.45, 2.75) is 31.2 Å². The fourth-order valence-corrected chi connectivity index (χ4v) is 3.97. The molecule has 1 unspecified atom stereocenters. The fraction of sp³-hybridized carbons (Fsp3) is 0.304. The molecule has 1 heterocycles. The Balaban J connectivity index is 2.24. The Morgan fingerprint density at radius 2 is 1.71 bits per heavy atom. The number of carboxylic acids is 1. The maximum absolute atomic E-state index is 14.0. The molecular formula is C23H19F6NO4. The molecule has 0 aliphatic carbocycles. The summed E-state index contributed by atoms with van der Waals surface area (Å²) >= 11 is 0. The molecule has 34 heavy (non-hydrogen) atoms. The number of nitrogens with zero attached hydrogens (tertiary/aromatic N) is 1. The normalized spacial score (nSPS) is 16.8. The van der Waals surface area contributed by atoms with Gasteiger partial charge in [0.15, 0.2) is 0 Å². The summed E-state index contributed by atoms with van der Waals surface area (Å²) in [4.78, 5) is 24.9. The Bertz CT molecular complexity index is 1120. The smallest absolute Gasteiger partial charge is 0.417 e. The number of para-hydroxylation sites is 1. The maximum atomic E-state index is 14.0. The summed E-state index contributed by atoms with van der Waals surface area (Å²) in [5.74, 6) is -2.08. The van der Waals surface area contributed by atoms with Gasteiger partial charge in [0.2, 0.25) is 5.91 Å². The second kappa shape index (κ2) is 9.40. The molecule has 11 heteroatoms. The first-order chi connectivity index (χ1) is 15.9. The number of carbonyl (C=O) groups is 2. The number of methoxy groups -OCH3 is 1. The van der Waals surface area contributed by atoms with Crippen LogP contribution in [-0.4, -0.2) is 41.6 Å². The van der Waals surface area contributed by atoms with E-state index in [-0.39, 0.29) is 29.8 Å². The highest BCUT2D eigenvalue weighted by molar-refractivity contribution is 5.96. The molecule has 0 spiro atoms. The highest BCUT2D eigenvalue weighted by Crippen LogP contribution is 2.46. The average Bonchev–Trinajstić information content (AvgIpc) is 3.26. The number of hydrogen-bond donors (Lipinski definition) is 1. The Hall–Kier alpha value is -3.50. The van der Waals surface area contributed by atoms with E-state index in [4.69, 9.17) is 4.74 Å². The lowest BCUT2D eigenvalue weighted by atomic mass is 9.90. The summed E-state index contributed by atoms with van der Waals surface area (Å²) in [6, 6.07) is 5.89. The van der Waals surface area contributed by atoms with Gasteiger partial charge in [0.05, 0.1) is 18.2 Å². The van der Waals surface area contributed by atoms with Crippen LogP contribution in [0.2, 0.25) is 0 Å². The highest BCUT2D eigenvalue weighted by atomic mass is 19.4. The van der Waals surface area contributed by atoms with Gasteiger partial charge >= 0.3 is 18.3 Å². The van der Waals surface area contributed by atoms with Gasteiger partial charge in [0, 0.05) is 18.2 Å². The molecule has 0 radical (unpaired) electrons. The molecule has 3 rings (SSSR count). The molecule has 0 aromatic heterocycles. The van der Waals surface area contributed by atoms with Crippen molar-refractivity contribution in [1.29, 1.82) is 0 Å². The zero-order valence-electron chi connectivity index (χ0n) is 17.7. The Morgan fingerprint density at radius 1 is 1.03 bits per heavy atom. The van der Waals surface area contributed by atoms with Crippen LogP contribution in [0, 0.1) is 0 Å². The van der Waals surface area contributed by atoms with Crippen molar-refractivity contribution >= 4 is 18.0 Å². The lowest BCUT2D eigenvalue weighted by Gasteiger charge is -2.22. The lowest BCUT2D eigenvalue weighted by molar-refractivity contribution is -0.162. The molecule has 1 aliphatic rings. The molecule has 1 amide bonds. The number of alkyl halides is 6. The molecule has 0 saturated carbocycles. The van der Waals surface area contributed by atoms with Crippen LogP contribution in [0.3, 0.4) is 0 Å². The van der Waals surface area contributed by atoms with Crippen LogP contribution in [0.4, 0.5) is 26.3 Å². The van der Waals surface area contributed by atoms with E-state index in [2.05, 4.69) is 0 Å². The van der Waals surface area contributed by atoms with Crippen LogP contribution in [0.5, 0.6) is 5.75 Å². The third-order valence-corrected chi connectivity index (χ3v) is 5.45. The van der Waals surface area contributed by atoms with Crippen LogP contribution in [0.1, 0.15) is 29.5 Å². The number of likely N-dealkylation sites (tertiary alicyclic amines) is 1. The molecule has 1 fully saturated rings. The van der Waals surface area contributed by atoms with E-state index in [0.717, 1.165) is 11.0 Å². The number of aliphatic carboxylic acids is 1. The number of amides is 1. The Morgan fingerprint density at radius 3 is 2.29 bits per heavy atom. The number of halogens is 6. The number of ether oxygens (including phenoxy) is 1. The largest absolute Gasteiger partial charge is 0.496 e. The highest BCUT2D eigenvalue weighted by Gasteiger charge is 2.45. The Labute approximate surface area is 190 Å². The predicted octanol–water partition coefficient (Wildman–Crippen LogP) is 5.49. The molecule has 1 aliphatic heterocycles. The van der Waals surface area contributed by atoms with E-state index < -0.39 is 47.0 Å². The van der Waals surface area contributed by atoms with E-state index in [1.807, 2.05) is 0 Å². The number of carbonyl (C=O) groups excluding carboxylic acids is 1. The molecule has 182 valence electrons. The van der Waals surface area contributed by atoms with Gasteiger partial charge in [-0.2, -0.15) is 26.3 Å². The Kier molecular flexibility index (Phi) is 6.94. The van der Waals surface area contributed by atoms with E-state index in [1.165, 1.54) is 31.4 Å². The van der Waals surface area contributed by atoms with Crippen molar-refractivity contribution in [3.05, 3.63) is 59.2 Å². The molecule has 2 aromatic rings. The second-order valence-corrected chi connectivity index (χ2v) is 7.51. The minimum atomic E-state index is -5.41. The standard InChI is InChI=1S/C23H19F6NO4/c1-34-18-7-3-2-5-14(18)13-8-10-16(22(24,25)26)20(23(27,28)29)15(13)9-11-19(31)30-12-4-6-17(30)21(32)33/h2-3,5,7-11,17H,4,6,12H2,1H3,(H,32,33). The van der Waals surface area contributed by atoms with Crippen LogP contribution in [0.15, 0.2) is 42.5 Å². The van der Waals surface area contributed by atoms with Crippen molar-refractivity contribution in [2.24, 2.45) is 0 Å². The molecule has 0 bridgehead atoms. The van der Waals surface area contributed by atoms with Crippen molar-refractivity contribution in [3.63, 3.8) is 0 Å². The number of carboxylic acid groups (broad SMARTS) is 1. The lowest BCUT2D eigenvalue weighted by Crippen LogP contribution is -2.39. The first kappa shape index (κ1) is 25.1. The van der Waals surface area contributed by atoms with Gasteiger partial charge in [-0.3, -0.25) is 4.79 Å². The number of benzene rings is 2. The quantitative estimate of drug-likeness (QED) is 0.448. The molecule has 1 atom stereocenters. The van der Waals surface area contributed by atoms with Gasteiger partial charge in [-0.25, -0.2) is 4.79 Å². The summed E-state index contributed by atoms with van der Waals surface area (Å²) in [5.41, 5.74) is -4.90. The third-order valence-electron chi connectivity index (χ3n) is 5.45. The molecule has 5 nitrogen and oxygen atoms in total. The monoisotopic (exact) mass is 487 g/mol. The van der Waals surface area contributed by atoms with Crippen LogP contribution in [0.25, 0.3) is 17.2 Å². The molecule has 1 saturated heterocycles. The summed E-state index contributed by atoms with van der Waals surface area (Å²) in [7, 11) is 1.26. The minimum Gasteiger partial charge on any atom is -0.496 e. The van der Waals surface area contributed by atoms with Gasteiger partial charge in [0.25, 0.3) is 0 Å². The molecule has 1 N–H and O–H groups in total. The average molecular weight is 487 g/mol. The maximum Gasteiger partial charge on any atom is 0.417 e. The molecule has 2 aromatic carbocycles. The van der Waals surface area contributed by atoms with Gasteiger partial charge < -0.3 is 14.7 Å². The van der Waals surface area contributed by atoms with Gasteiger partial charge in [0.1, 0.15) is 11.8 Å². The van der Waals surface area contributed by atoms with Crippen molar-refractivity contribution in [3.8, 4) is 16.9 Å². The topological polar surface area (TPSA) is 66.8 Å². The van der Waals surface area contributed by atoms with Gasteiger partial charge in [-0.05, 0) is 42.2 Å². The number of hydrogen-bond acceptors (Lipinski definition) is 3. The zero-order chi connectivity index (χ0) is 25.3. The number of rotatable bonds is 5. The van der Waals surface area contributed by atoms with E-state index in [9.17, 15) is 41.0 Å².